The Balaban J connectivity index is 2.25. The van der Waals surface area contributed by atoms with E-state index in [2.05, 4.69) is 5.32 Å². The first-order chi connectivity index (χ1) is 7.99. The molecule has 92 valence electrons. The van der Waals surface area contributed by atoms with Crippen LogP contribution in [-0.4, -0.2) is 26.6 Å². The Morgan fingerprint density at radius 3 is 2.76 bits per heavy atom. The van der Waals surface area contributed by atoms with E-state index in [-0.39, 0.29) is 6.04 Å². The lowest BCUT2D eigenvalue weighted by molar-refractivity contribution is -0.122. The van der Waals surface area contributed by atoms with Gasteiger partial charge < -0.3 is 10.4 Å². The lowest BCUT2D eigenvalue weighted by atomic mass is 10.5. The van der Waals surface area contributed by atoms with Crippen molar-refractivity contribution in [3.8, 4) is 5.88 Å². The first-order valence-corrected chi connectivity index (χ1v) is 5.00. The molecule has 1 amide bonds. The van der Waals surface area contributed by atoms with Crippen molar-refractivity contribution in [2.24, 2.45) is 0 Å². The fourth-order valence-electron chi connectivity index (χ4n) is 1.33. The number of hydrogen-bond acceptors (Lipinski definition) is 4. The molecule has 0 saturated heterocycles. The van der Waals surface area contributed by atoms with Crippen LogP contribution in [0.1, 0.15) is 12.8 Å². The van der Waals surface area contributed by atoms with E-state index < -0.39 is 35.4 Å². The van der Waals surface area contributed by atoms with Crippen molar-refractivity contribution in [1.29, 1.82) is 0 Å². The minimum Gasteiger partial charge on any atom is -0.492 e. The zero-order chi connectivity index (χ0) is 12.6. The lowest BCUT2D eigenvalue weighted by Crippen LogP contribution is -2.37. The molecule has 0 atom stereocenters. The number of aromatic hydroxyl groups is 1. The van der Waals surface area contributed by atoms with E-state index in [9.17, 15) is 23.9 Å². The minimum absolute atomic E-state index is 0.0907. The molecule has 1 aromatic heterocycles. The number of carbonyl (C=O) groups is 1. The molecule has 1 aliphatic rings. The van der Waals surface area contributed by atoms with E-state index in [1.165, 1.54) is 0 Å². The van der Waals surface area contributed by atoms with Crippen LogP contribution in [0.15, 0.2) is 9.59 Å². The van der Waals surface area contributed by atoms with Crippen LogP contribution in [0, 0.1) is 5.82 Å². The van der Waals surface area contributed by atoms with Gasteiger partial charge in [-0.3, -0.25) is 19.1 Å². The van der Waals surface area contributed by atoms with Gasteiger partial charge in [-0.15, -0.1) is 0 Å². The maximum Gasteiger partial charge on any atom is 0.331 e. The lowest BCUT2D eigenvalue weighted by Gasteiger charge is -2.07. The van der Waals surface area contributed by atoms with E-state index in [1.54, 1.807) is 4.98 Å². The second-order valence-corrected chi connectivity index (χ2v) is 3.82. The molecule has 17 heavy (non-hydrogen) atoms. The Hall–Kier alpha value is -2.12. The number of nitrogens with zero attached hydrogens (tertiary/aromatic N) is 1. The van der Waals surface area contributed by atoms with E-state index in [0.29, 0.717) is 4.57 Å². The molecule has 1 saturated carbocycles. The monoisotopic (exact) mass is 243 g/mol. The predicted octanol–water partition coefficient (Wildman–Crippen LogP) is -1.34. The zero-order valence-corrected chi connectivity index (χ0v) is 8.70. The summed E-state index contributed by atoms with van der Waals surface area (Å²) in [6.07, 6.45) is 1.74. The molecule has 0 spiro atoms. The average Bonchev–Trinajstić information content (AvgIpc) is 3.05. The largest absolute Gasteiger partial charge is 0.492 e. The van der Waals surface area contributed by atoms with Gasteiger partial charge in [-0.1, -0.05) is 0 Å². The highest BCUT2D eigenvalue weighted by atomic mass is 19.1. The van der Waals surface area contributed by atoms with Gasteiger partial charge in [0, 0.05) is 6.04 Å². The van der Waals surface area contributed by atoms with Crippen LogP contribution in [0.5, 0.6) is 5.88 Å². The summed E-state index contributed by atoms with van der Waals surface area (Å²) in [5, 5.41) is 11.8. The number of H-pyrrole nitrogens is 1. The van der Waals surface area contributed by atoms with Gasteiger partial charge in [0.25, 0.3) is 5.56 Å². The molecule has 1 fully saturated rings. The van der Waals surface area contributed by atoms with E-state index in [0.717, 1.165) is 12.8 Å². The summed E-state index contributed by atoms with van der Waals surface area (Å²) in [5.74, 6) is -3.13. The topological polar surface area (TPSA) is 104 Å². The number of halogens is 1. The molecule has 0 unspecified atom stereocenters. The molecule has 1 aliphatic carbocycles. The number of amides is 1. The van der Waals surface area contributed by atoms with Crippen molar-refractivity contribution in [1.82, 2.24) is 14.9 Å². The Kier molecular flexibility index (Phi) is 2.70. The summed E-state index contributed by atoms with van der Waals surface area (Å²) in [7, 11) is 0. The summed E-state index contributed by atoms with van der Waals surface area (Å²) < 4.78 is 13.5. The highest BCUT2D eigenvalue weighted by Crippen LogP contribution is 2.18. The SMILES string of the molecule is O=C(Cn1c(O)c(F)c(=O)[nH]c1=O)NC1CC1. The van der Waals surface area contributed by atoms with Crippen LogP contribution in [0.4, 0.5) is 4.39 Å². The van der Waals surface area contributed by atoms with E-state index in [4.69, 9.17) is 0 Å². The minimum atomic E-state index is -1.48. The highest BCUT2D eigenvalue weighted by Gasteiger charge is 2.24. The molecular weight excluding hydrogens is 233 g/mol. The second kappa shape index (κ2) is 4.04. The third kappa shape index (κ3) is 2.35. The fraction of sp³-hybridized carbons (Fsp3) is 0.444. The number of nitrogens with one attached hydrogen (secondary N) is 2. The van der Waals surface area contributed by atoms with Crippen LogP contribution >= 0.6 is 0 Å². The molecule has 3 N–H and O–H groups in total. The van der Waals surface area contributed by atoms with Crippen molar-refractivity contribution in [3.05, 3.63) is 26.7 Å². The van der Waals surface area contributed by atoms with Gasteiger partial charge in [0.15, 0.2) is 0 Å². The highest BCUT2D eigenvalue weighted by molar-refractivity contribution is 5.76. The standard InChI is InChI=1S/C9H10FN3O4/c10-6-7(15)12-9(17)13(8(6)16)3-5(14)11-4-1-2-4/h4,16H,1-3H2,(H,11,14)(H,12,15,17). The quantitative estimate of drug-likeness (QED) is 0.611. The summed E-state index contributed by atoms with van der Waals surface area (Å²) in [6.45, 7) is -0.533. The molecule has 8 heteroatoms. The zero-order valence-electron chi connectivity index (χ0n) is 8.70. The average molecular weight is 243 g/mol. The summed E-state index contributed by atoms with van der Waals surface area (Å²) >= 11 is 0. The maximum absolute atomic E-state index is 13.0. The van der Waals surface area contributed by atoms with Crippen LogP contribution < -0.4 is 16.6 Å². The molecule has 0 radical (unpaired) electrons. The Labute approximate surface area is 93.9 Å². The number of carbonyl (C=O) groups excluding carboxylic acids is 1. The first kappa shape index (κ1) is 11.4. The van der Waals surface area contributed by atoms with Crippen molar-refractivity contribution >= 4 is 5.91 Å². The second-order valence-electron chi connectivity index (χ2n) is 3.82. The van der Waals surface area contributed by atoms with Gasteiger partial charge in [0.2, 0.25) is 17.6 Å². The first-order valence-electron chi connectivity index (χ1n) is 5.00. The number of hydrogen-bond donors (Lipinski definition) is 3. The molecular formula is C9H10FN3O4. The van der Waals surface area contributed by atoms with Crippen LogP contribution in [0.2, 0.25) is 0 Å². The number of aromatic amines is 1. The van der Waals surface area contributed by atoms with Crippen molar-refractivity contribution in [2.75, 3.05) is 0 Å². The predicted molar refractivity (Wildman–Crippen MR) is 54.1 cm³/mol. The molecule has 0 aromatic carbocycles. The third-order valence-corrected chi connectivity index (χ3v) is 2.36. The van der Waals surface area contributed by atoms with Gasteiger partial charge in [-0.25, -0.2) is 4.79 Å². The Morgan fingerprint density at radius 2 is 2.18 bits per heavy atom. The summed E-state index contributed by atoms with van der Waals surface area (Å²) in [5.41, 5.74) is -2.34. The smallest absolute Gasteiger partial charge is 0.331 e. The summed E-state index contributed by atoms with van der Waals surface area (Å²) in [6, 6.07) is 0.0907. The van der Waals surface area contributed by atoms with Crippen molar-refractivity contribution < 1.29 is 14.3 Å². The van der Waals surface area contributed by atoms with Gasteiger partial charge >= 0.3 is 5.69 Å². The van der Waals surface area contributed by atoms with Gasteiger partial charge in [0.05, 0.1) is 0 Å². The molecule has 1 heterocycles. The molecule has 0 bridgehead atoms. The Morgan fingerprint density at radius 1 is 1.53 bits per heavy atom. The van der Waals surface area contributed by atoms with E-state index >= 15 is 0 Å². The Bertz CT molecular complexity index is 573. The van der Waals surface area contributed by atoms with Gasteiger partial charge in [-0.2, -0.15) is 4.39 Å². The molecule has 1 aromatic rings. The number of rotatable bonds is 3. The van der Waals surface area contributed by atoms with Gasteiger partial charge in [-0.05, 0) is 12.8 Å². The van der Waals surface area contributed by atoms with Crippen molar-refractivity contribution in [3.63, 3.8) is 0 Å². The maximum atomic E-state index is 13.0. The van der Waals surface area contributed by atoms with Gasteiger partial charge in [0.1, 0.15) is 6.54 Å². The van der Waals surface area contributed by atoms with Crippen molar-refractivity contribution in [2.45, 2.75) is 25.4 Å². The molecule has 0 aliphatic heterocycles. The molecule has 2 rings (SSSR count). The summed E-state index contributed by atoms with van der Waals surface area (Å²) in [4.78, 5) is 35.1. The third-order valence-electron chi connectivity index (χ3n) is 2.36. The van der Waals surface area contributed by atoms with Crippen LogP contribution in [-0.2, 0) is 11.3 Å². The number of aromatic nitrogens is 2. The fourth-order valence-corrected chi connectivity index (χ4v) is 1.33. The van der Waals surface area contributed by atoms with Crippen LogP contribution in [0.3, 0.4) is 0 Å². The van der Waals surface area contributed by atoms with E-state index in [1.807, 2.05) is 0 Å². The normalized spacial score (nSPS) is 14.6. The van der Waals surface area contributed by atoms with Crippen LogP contribution in [0.25, 0.3) is 0 Å². The molecule has 7 nitrogen and oxygen atoms in total.